The zero-order valence-electron chi connectivity index (χ0n) is 8.82. The van der Waals surface area contributed by atoms with Crippen LogP contribution in [0.1, 0.15) is 32.1 Å². The van der Waals surface area contributed by atoms with E-state index in [2.05, 4.69) is 10.0 Å². The van der Waals surface area contributed by atoms with E-state index < -0.39 is 0 Å². The number of hydrogen-bond acceptors (Lipinski definition) is 3. The minimum atomic E-state index is 0.330. The Morgan fingerprint density at radius 3 is 2.00 bits per heavy atom. The van der Waals surface area contributed by atoms with Crippen LogP contribution in [0.2, 0.25) is 0 Å². The molecule has 0 unspecified atom stereocenters. The van der Waals surface area contributed by atoms with Crippen LogP contribution in [0.5, 0.6) is 0 Å². The maximum absolute atomic E-state index is 10.6. The number of hydrazine groups is 1. The van der Waals surface area contributed by atoms with Gasteiger partial charge in [-0.05, 0) is 25.7 Å². The third kappa shape index (κ3) is 2.34. The Labute approximate surface area is 86.0 Å². The molecule has 0 spiro atoms. The molecule has 0 saturated carbocycles. The maximum atomic E-state index is 10.6. The van der Waals surface area contributed by atoms with Crippen LogP contribution in [-0.4, -0.2) is 42.5 Å². The molecular weight excluding hydrogens is 176 g/mol. The fourth-order valence-electron chi connectivity index (χ4n) is 2.46. The van der Waals surface area contributed by atoms with E-state index in [0.29, 0.717) is 5.92 Å². The molecule has 2 aliphatic rings. The summed E-state index contributed by atoms with van der Waals surface area (Å²) in [5, 5.41) is 4.95. The molecule has 80 valence electrons. The summed E-state index contributed by atoms with van der Waals surface area (Å²) in [7, 11) is 0. The maximum Gasteiger partial charge on any atom is 0.123 e. The summed E-state index contributed by atoms with van der Waals surface area (Å²) in [6.45, 7) is 4.63. The highest BCUT2D eigenvalue weighted by Crippen LogP contribution is 2.19. The van der Waals surface area contributed by atoms with E-state index >= 15 is 0 Å². The van der Waals surface area contributed by atoms with E-state index in [4.69, 9.17) is 0 Å². The molecule has 3 heteroatoms. The molecular formula is C11H20N2O. The van der Waals surface area contributed by atoms with Gasteiger partial charge in [-0.3, -0.25) is 0 Å². The highest BCUT2D eigenvalue weighted by atomic mass is 16.1. The first-order valence-corrected chi connectivity index (χ1v) is 5.85. The van der Waals surface area contributed by atoms with Gasteiger partial charge in [0.1, 0.15) is 6.29 Å². The lowest BCUT2D eigenvalue weighted by atomic mass is 9.99. The van der Waals surface area contributed by atoms with Crippen LogP contribution in [-0.2, 0) is 4.79 Å². The van der Waals surface area contributed by atoms with Crippen molar-refractivity contribution < 1.29 is 4.79 Å². The lowest BCUT2D eigenvalue weighted by Crippen LogP contribution is -2.49. The predicted octanol–water partition coefficient (Wildman–Crippen LogP) is 1.30. The third-order valence-electron chi connectivity index (χ3n) is 3.44. The second-order valence-corrected chi connectivity index (χ2v) is 4.44. The Morgan fingerprint density at radius 2 is 1.43 bits per heavy atom. The third-order valence-corrected chi connectivity index (χ3v) is 3.44. The number of aldehydes is 1. The van der Waals surface area contributed by atoms with Gasteiger partial charge >= 0.3 is 0 Å². The predicted molar refractivity (Wildman–Crippen MR) is 55.8 cm³/mol. The smallest absolute Gasteiger partial charge is 0.123 e. The van der Waals surface area contributed by atoms with Crippen molar-refractivity contribution in [1.82, 2.24) is 10.0 Å². The number of hydrogen-bond donors (Lipinski definition) is 0. The van der Waals surface area contributed by atoms with Crippen molar-refractivity contribution in [2.45, 2.75) is 32.1 Å². The molecule has 0 atom stereocenters. The van der Waals surface area contributed by atoms with Crippen molar-refractivity contribution in [3.63, 3.8) is 0 Å². The molecule has 0 aliphatic carbocycles. The van der Waals surface area contributed by atoms with Gasteiger partial charge in [-0.2, -0.15) is 0 Å². The Hall–Kier alpha value is -0.410. The standard InChI is InChI=1S/C11H20N2O/c14-10-11-4-8-13(9-5-11)12-6-2-1-3-7-12/h10-11H,1-9H2. The number of carbonyl (C=O) groups is 1. The Balaban J connectivity index is 1.78. The van der Waals surface area contributed by atoms with E-state index in [1.54, 1.807) is 0 Å². The average molecular weight is 196 g/mol. The molecule has 14 heavy (non-hydrogen) atoms. The number of nitrogens with zero attached hydrogens (tertiary/aromatic N) is 2. The van der Waals surface area contributed by atoms with Crippen LogP contribution >= 0.6 is 0 Å². The first-order valence-electron chi connectivity index (χ1n) is 5.85. The van der Waals surface area contributed by atoms with E-state index in [9.17, 15) is 4.79 Å². The van der Waals surface area contributed by atoms with Crippen LogP contribution < -0.4 is 0 Å². The molecule has 0 amide bonds. The Kier molecular flexibility index (Phi) is 3.54. The van der Waals surface area contributed by atoms with Crippen molar-refractivity contribution in [3.8, 4) is 0 Å². The van der Waals surface area contributed by atoms with Crippen LogP contribution in [0.3, 0.4) is 0 Å². The largest absolute Gasteiger partial charge is 0.303 e. The summed E-state index contributed by atoms with van der Waals surface area (Å²) >= 11 is 0. The van der Waals surface area contributed by atoms with Gasteiger partial charge in [-0.25, -0.2) is 10.0 Å². The zero-order chi connectivity index (χ0) is 9.80. The molecule has 0 N–H and O–H groups in total. The van der Waals surface area contributed by atoms with E-state index in [1.807, 2.05) is 0 Å². The van der Waals surface area contributed by atoms with Crippen molar-refractivity contribution >= 4 is 6.29 Å². The fraction of sp³-hybridized carbons (Fsp3) is 0.909. The highest BCUT2D eigenvalue weighted by Gasteiger charge is 2.23. The number of piperidine rings is 2. The summed E-state index contributed by atoms with van der Waals surface area (Å²) in [4.78, 5) is 10.6. The van der Waals surface area contributed by atoms with Crippen molar-refractivity contribution in [2.24, 2.45) is 5.92 Å². The van der Waals surface area contributed by atoms with E-state index in [1.165, 1.54) is 32.4 Å². The molecule has 0 aromatic heterocycles. The molecule has 2 heterocycles. The summed E-state index contributed by atoms with van der Waals surface area (Å²) in [5.41, 5.74) is 0. The molecule has 0 radical (unpaired) electrons. The number of rotatable bonds is 2. The van der Waals surface area contributed by atoms with Crippen molar-refractivity contribution in [3.05, 3.63) is 0 Å². The van der Waals surface area contributed by atoms with Crippen LogP contribution in [0.25, 0.3) is 0 Å². The minimum absolute atomic E-state index is 0.330. The molecule has 0 bridgehead atoms. The van der Waals surface area contributed by atoms with E-state index in [-0.39, 0.29) is 0 Å². The van der Waals surface area contributed by atoms with Gasteiger partial charge in [0, 0.05) is 32.1 Å². The zero-order valence-corrected chi connectivity index (χ0v) is 8.82. The molecule has 2 saturated heterocycles. The SMILES string of the molecule is O=CC1CCN(N2CCCCC2)CC1. The second-order valence-electron chi connectivity index (χ2n) is 4.44. The molecule has 0 aromatic carbocycles. The minimum Gasteiger partial charge on any atom is -0.303 e. The molecule has 3 nitrogen and oxygen atoms in total. The normalized spacial score (nSPS) is 27.7. The molecule has 2 aliphatic heterocycles. The summed E-state index contributed by atoms with van der Waals surface area (Å²) in [6.07, 6.45) is 7.32. The Morgan fingerprint density at radius 1 is 0.857 bits per heavy atom. The van der Waals surface area contributed by atoms with Gasteiger partial charge < -0.3 is 4.79 Å². The van der Waals surface area contributed by atoms with Crippen LogP contribution in [0, 0.1) is 5.92 Å². The van der Waals surface area contributed by atoms with Gasteiger partial charge in [0.05, 0.1) is 0 Å². The highest BCUT2D eigenvalue weighted by molar-refractivity contribution is 5.53. The Bertz CT molecular complexity index is 182. The first kappa shape index (κ1) is 10.1. The molecule has 0 aromatic rings. The van der Waals surface area contributed by atoms with Crippen LogP contribution in [0.4, 0.5) is 0 Å². The fourth-order valence-corrected chi connectivity index (χ4v) is 2.46. The summed E-state index contributed by atoms with van der Waals surface area (Å²) in [6, 6.07) is 0. The van der Waals surface area contributed by atoms with Crippen molar-refractivity contribution in [2.75, 3.05) is 26.2 Å². The van der Waals surface area contributed by atoms with Gasteiger partial charge in [-0.15, -0.1) is 0 Å². The number of carbonyl (C=O) groups excluding carboxylic acids is 1. The second kappa shape index (κ2) is 4.89. The van der Waals surface area contributed by atoms with Crippen molar-refractivity contribution in [1.29, 1.82) is 0 Å². The van der Waals surface area contributed by atoms with Gasteiger partial charge in [0.15, 0.2) is 0 Å². The lowest BCUT2D eigenvalue weighted by molar-refractivity contribution is -0.115. The molecule has 2 rings (SSSR count). The summed E-state index contributed by atoms with van der Waals surface area (Å²) in [5.74, 6) is 0.330. The van der Waals surface area contributed by atoms with Gasteiger partial charge in [0.2, 0.25) is 0 Å². The summed E-state index contributed by atoms with van der Waals surface area (Å²) < 4.78 is 0. The average Bonchev–Trinajstić information content (AvgIpc) is 2.30. The lowest BCUT2D eigenvalue weighted by Gasteiger charge is -2.40. The quantitative estimate of drug-likeness (QED) is 0.622. The monoisotopic (exact) mass is 196 g/mol. The molecule has 2 fully saturated rings. The topological polar surface area (TPSA) is 23.6 Å². The first-order chi connectivity index (χ1) is 6.90. The van der Waals surface area contributed by atoms with Gasteiger partial charge in [-0.1, -0.05) is 6.42 Å². The van der Waals surface area contributed by atoms with Gasteiger partial charge in [0.25, 0.3) is 0 Å². The van der Waals surface area contributed by atoms with E-state index in [0.717, 1.165) is 32.2 Å². The van der Waals surface area contributed by atoms with Crippen LogP contribution in [0.15, 0.2) is 0 Å².